The van der Waals surface area contributed by atoms with Gasteiger partial charge in [0, 0.05) is 0 Å². The summed E-state index contributed by atoms with van der Waals surface area (Å²) in [6.07, 6.45) is 33.3. The van der Waals surface area contributed by atoms with Gasteiger partial charge in [-0.3, -0.25) is 4.79 Å². The van der Waals surface area contributed by atoms with E-state index in [0.29, 0.717) is 0 Å². The molecule has 3 heteroatoms. The summed E-state index contributed by atoms with van der Waals surface area (Å²) in [5, 5.41) is 3.32. The van der Waals surface area contributed by atoms with E-state index in [0.717, 1.165) is 25.7 Å². The average molecular weight is 524 g/mol. The molecule has 0 amide bonds. The zero-order valence-corrected chi connectivity index (χ0v) is 26.3. The Morgan fingerprint density at radius 3 is 1.27 bits per heavy atom. The van der Waals surface area contributed by atoms with Crippen LogP contribution in [0, 0.1) is 0 Å². The van der Waals surface area contributed by atoms with Gasteiger partial charge in [0.15, 0.2) is 0 Å². The van der Waals surface area contributed by atoms with Crippen molar-refractivity contribution in [2.24, 2.45) is 0 Å². The summed E-state index contributed by atoms with van der Waals surface area (Å²) in [4.78, 5) is 13.3. The van der Waals surface area contributed by atoms with Crippen molar-refractivity contribution in [2.75, 3.05) is 7.05 Å². The second kappa shape index (κ2) is 27.0. The molecule has 222 valence electrons. The van der Waals surface area contributed by atoms with Gasteiger partial charge in [-0.05, 0) is 46.1 Å². The molecule has 0 aliphatic heterocycles. The van der Waals surface area contributed by atoms with E-state index in [-0.39, 0.29) is 12.1 Å². The zero-order chi connectivity index (χ0) is 27.5. The molecule has 0 aromatic rings. The topological polar surface area (TPSA) is 38.3 Å². The monoisotopic (exact) mass is 524 g/mol. The van der Waals surface area contributed by atoms with Gasteiger partial charge in [-0.1, -0.05) is 156 Å². The van der Waals surface area contributed by atoms with Gasteiger partial charge in [0.2, 0.25) is 0 Å². The van der Waals surface area contributed by atoms with Crippen LogP contribution in [-0.4, -0.2) is 24.7 Å². The van der Waals surface area contributed by atoms with E-state index < -0.39 is 5.54 Å². The minimum atomic E-state index is -0.555. The molecule has 0 aromatic heterocycles. The van der Waals surface area contributed by atoms with Crippen molar-refractivity contribution >= 4 is 5.97 Å². The molecule has 0 aromatic carbocycles. The first kappa shape index (κ1) is 36.4. The van der Waals surface area contributed by atoms with Crippen molar-refractivity contribution in [3.63, 3.8) is 0 Å². The first-order valence-corrected chi connectivity index (χ1v) is 16.9. The van der Waals surface area contributed by atoms with E-state index in [1.807, 2.05) is 7.05 Å². The lowest BCUT2D eigenvalue weighted by Crippen LogP contribution is -2.49. The number of carbonyl (C=O) groups excluding carboxylic acids is 1. The van der Waals surface area contributed by atoms with Crippen LogP contribution >= 0.6 is 0 Å². The molecule has 0 spiro atoms. The van der Waals surface area contributed by atoms with Gasteiger partial charge in [-0.2, -0.15) is 0 Å². The third kappa shape index (κ3) is 22.0. The van der Waals surface area contributed by atoms with Crippen LogP contribution in [0.5, 0.6) is 0 Å². The number of nitrogens with one attached hydrogen (secondary N) is 1. The number of carbonyl (C=O) groups is 1. The van der Waals surface area contributed by atoms with E-state index >= 15 is 0 Å². The molecule has 0 saturated carbocycles. The van der Waals surface area contributed by atoms with Crippen molar-refractivity contribution in [1.29, 1.82) is 0 Å². The van der Waals surface area contributed by atoms with E-state index in [1.54, 1.807) is 0 Å². The van der Waals surface area contributed by atoms with Crippen molar-refractivity contribution in [2.45, 2.75) is 206 Å². The maximum Gasteiger partial charge on any atom is 0.326 e. The van der Waals surface area contributed by atoms with Crippen LogP contribution < -0.4 is 5.32 Å². The number of ether oxygens (including phenoxy) is 1. The van der Waals surface area contributed by atoms with E-state index in [2.05, 4.69) is 33.0 Å². The maximum absolute atomic E-state index is 13.3. The molecule has 0 radical (unpaired) electrons. The Bertz CT molecular complexity index is 480. The zero-order valence-electron chi connectivity index (χ0n) is 26.3. The number of unbranched alkanes of at least 4 members (excludes halogenated alkanes) is 20. The molecule has 3 nitrogen and oxygen atoms in total. The van der Waals surface area contributed by atoms with Gasteiger partial charge in [0.1, 0.15) is 11.6 Å². The van der Waals surface area contributed by atoms with E-state index in [1.165, 1.54) is 141 Å². The molecule has 0 bridgehead atoms. The van der Waals surface area contributed by atoms with Crippen LogP contribution in [0.3, 0.4) is 0 Å². The largest absolute Gasteiger partial charge is 0.461 e. The highest BCUT2D eigenvalue weighted by Gasteiger charge is 2.34. The van der Waals surface area contributed by atoms with Crippen LogP contribution in [0.2, 0.25) is 0 Å². The standard InChI is InChI=1S/C34H69NO2/c1-6-9-12-15-17-18-19-20-21-23-25-28-31-34(4,35-5)33(36)37-32(29-26-14-11-8-3)30-27-24-22-16-13-10-7-2/h32,35H,6-31H2,1-5H3. The summed E-state index contributed by atoms with van der Waals surface area (Å²) in [6, 6.07) is 0. The lowest BCUT2D eigenvalue weighted by Gasteiger charge is -2.30. The fraction of sp³-hybridized carbons (Fsp3) is 0.971. The molecule has 37 heavy (non-hydrogen) atoms. The molecule has 0 aliphatic carbocycles. The summed E-state index contributed by atoms with van der Waals surface area (Å²) in [6.45, 7) is 8.86. The van der Waals surface area contributed by atoms with Gasteiger partial charge in [0.25, 0.3) is 0 Å². The molecular weight excluding hydrogens is 454 g/mol. The van der Waals surface area contributed by atoms with Crippen molar-refractivity contribution < 1.29 is 9.53 Å². The summed E-state index contributed by atoms with van der Waals surface area (Å²) >= 11 is 0. The van der Waals surface area contributed by atoms with E-state index in [4.69, 9.17) is 4.74 Å². The van der Waals surface area contributed by atoms with Crippen molar-refractivity contribution in [3.8, 4) is 0 Å². The Kier molecular flexibility index (Phi) is 26.6. The highest BCUT2D eigenvalue weighted by molar-refractivity contribution is 5.80. The molecule has 2 atom stereocenters. The highest BCUT2D eigenvalue weighted by Crippen LogP contribution is 2.22. The molecule has 0 heterocycles. The van der Waals surface area contributed by atoms with Crippen molar-refractivity contribution in [3.05, 3.63) is 0 Å². The second-order valence-electron chi connectivity index (χ2n) is 12.0. The van der Waals surface area contributed by atoms with Crippen LogP contribution in [0.1, 0.15) is 195 Å². The van der Waals surface area contributed by atoms with Gasteiger partial charge < -0.3 is 10.1 Å². The fourth-order valence-corrected chi connectivity index (χ4v) is 5.32. The Hall–Kier alpha value is -0.570. The van der Waals surface area contributed by atoms with Crippen molar-refractivity contribution in [1.82, 2.24) is 5.32 Å². The molecule has 0 saturated heterocycles. The van der Waals surface area contributed by atoms with Gasteiger partial charge >= 0.3 is 5.97 Å². The molecule has 0 rings (SSSR count). The second-order valence-corrected chi connectivity index (χ2v) is 12.0. The molecule has 0 fully saturated rings. The normalized spacial score (nSPS) is 14.0. The average Bonchev–Trinajstić information content (AvgIpc) is 2.90. The Morgan fingerprint density at radius 1 is 0.568 bits per heavy atom. The Labute approximate surface area is 234 Å². The molecule has 1 N–H and O–H groups in total. The molecule has 0 aliphatic rings. The number of likely N-dealkylation sites (N-methyl/N-ethyl adjacent to an activating group) is 1. The third-order valence-corrected chi connectivity index (χ3v) is 8.32. The predicted octanol–water partition coefficient (Wildman–Crippen LogP) is 11.1. The summed E-state index contributed by atoms with van der Waals surface area (Å²) < 4.78 is 6.19. The Balaban J connectivity index is 4.27. The highest BCUT2D eigenvalue weighted by atomic mass is 16.5. The quantitative estimate of drug-likeness (QED) is 0.0782. The van der Waals surface area contributed by atoms with Gasteiger partial charge in [0.05, 0.1) is 0 Å². The first-order valence-electron chi connectivity index (χ1n) is 16.9. The minimum absolute atomic E-state index is 0.0264. The summed E-state index contributed by atoms with van der Waals surface area (Å²) in [5.41, 5.74) is -0.555. The number of hydrogen-bond acceptors (Lipinski definition) is 3. The first-order chi connectivity index (χ1) is 18.0. The lowest BCUT2D eigenvalue weighted by molar-refractivity contribution is -0.157. The Morgan fingerprint density at radius 2 is 0.892 bits per heavy atom. The molecule has 2 unspecified atom stereocenters. The third-order valence-electron chi connectivity index (χ3n) is 8.32. The van der Waals surface area contributed by atoms with Crippen LogP contribution in [0.4, 0.5) is 0 Å². The summed E-state index contributed by atoms with van der Waals surface area (Å²) in [5.74, 6) is -0.0264. The smallest absolute Gasteiger partial charge is 0.326 e. The van der Waals surface area contributed by atoms with Crippen LogP contribution in [0.15, 0.2) is 0 Å². The molecular formula is C34H69NO2. The predicted molar refractivity (Wildman–Crippen MR) is 164 cm³/mol. The lowest BCUT2D eigenvalue weighted by atomic mass is 9.93. The number of hydrogen-bond donors (Lipinski definition) is 1. The SMILES string of the molecule is CCCCCCCCCCCCCCC(C)(NC)C(=O)OC(CCCCCC)CCCCCCCCC. The van der Waals surface area contributed by atoms with Crippen LogP contribution in [-0.2, 0) is 9.53 Å². The number of esters is 1. The maximum atomic E-state index is 13.3. The van der Waals surface area contributed by atoms with Gasteiger partial charge in [-0.25, -0.2) is 0 Å². The fourth-order valence-electron chi connectivity index (χ4n) is 5.32. The van der Waals surface area contributed by atoms with Crippen LogP contribution in [0.25, 0.3) is 0 Å². The van der Waals surface area contributed by atoms with E-state index in [9.17, 15) is 4.79 Å². The number of rotatable bonds is 29. The van der Waals surface area contributed by atoms with Gasteiger partial charge in [-0.15, -0.1) is 0 Å². The summed E-state index contributed by atoms with van der Waals surface area (Å²) in [7, 11) is 1.92. The minimum Gasteiger partial charge on any atom is -0.461 e.